The second-order valence-electron chi connectivity index (χ2n) is 4.41. The van der Waals surface area contributed by atoms with E-state index in [1.165, 1.54) is 12.8 Å². The van der Waals surface area contributed by atoms with Crippen molar-refractivity contribution in [3.63, 3.8) is 0 Å². The molecular weight excluding hydrogens is 152 g/mol. The Hall–Kier alpha value is -0.790. The van der Waals surface area contributed by atoms with Crippen molar-refractivity contribution >= 4 is 5.97 Å². The normalized spacial score (nSPS) is 45.5. The van der Waals surface area contributed by atoms with Gasteiger partial charge in [0.15, 0.2) is 0 Å². The highest BCUT2D eigenvalue weighted by Crippen LogP contribution is 2.69. The molecule has 2 saturated carbocycles. The Morgan fingerprint density at radius 1 is 1.42 bits per heavy atom. The summed E-state index contributed by atoms with van der Waals surface area (Å²) in [6, 6.07) is 0. The van der Waals surface area contributed by atoms with Crippen LogP contribution < -0.4 is 5.11 Å². The molecule has 0 amide bonds. The van der Waals surface area contributed by atoms with Crippen LogP contribution in [0.4, 0.5) is 0 Å². The lowest BCUT2D eigenvalue weighted by Gasteiger charge is -2.20. The van der Waals surface area contributed by atoms with Crippen LogP contribution >= 0.6 is 0 Å². The Bertz CT molecular complexity index is 276. The summed E-state index contributed by atoms with van der Waals surface area (Å²) in [7, 11) is 0. The van der Waals surface area contributed by atoms with Gasteiger partial charge in [0, 0.05) is 11.9 Å². The number of hydrogen-bond donors (Lipinski definition) is 0. The van der Waals surface area contributed by atoms with Crippen LogP contribution in [-0.2, 0) is 4.79 Å². The molecule has 3 aliphatic rings. The number of carbonyl (C=O) groups is 1. The zero-order valence-corrected chi connectivity index (χ0v) is 6.82. The molecule has 2 heteroatoms. The standard InChI is InChI=1S/C10H12O2/c11-9(12)7-5-6-1-2-8(7)10(6)3-4-10/h1-2,6-8H,3-5H2,(H,11,12)/p-1/t6-,7-,8+/m1/s1. The molecule has 0 radical (unpaired) electrons. The van der Waals surface area contributed by atoms with Gasteiger partial charge in [-0.1, -0.05) is 12.2 Å². The van der Waals surface area contributed by atoms with Gasteiger partial charge in [0.25, 0.3) is 0 Å². The maximum Gasteiger partial charge on any atom is 0.0451 e. The van der Waals surface area contributed by atoms with Crippen molar-refractivity contribution in [1.82, 2.24) is 0 Å². The van der Waals surface area contributed by atoms with Gasteiger partial charge in [-0.25, -0.2) is 0 Å². The summed E-state index contributed by atoms with van der Waals surface area (Å²) in [5.41, 5.74) is 0.394. The van der Waals surface area contributed by atoms with Gasteiger partial charge in [0.1, 0.15) is 0 Å². The summed E-state index contributed by atoms with van der Waals surface area (Å²) in [4.78, 5) is 10.8. The third kappa shape index (κ3) is 0.563. The summed E-state index contributed by atoms with van der Waals surface area (Å²) >= 11 is 0. The number of carbonyl (C=O) groups excluding carboxylic acids is 1. The van der Waals surface area contributed by atoms with E-state index in [0.29, 0.717) is 17.3 Å². The molecule has 3 aliphatic carbocycles. The summed E-state index contributed by atoms with van der Waals surface area (Å²) in [6.45, 7) is 0. The molecule has 2 bridgehead atoms. The molecule has 0 N–H and O–H groups in total. The lowest BCUT2D eigenvalue weighted by Crippen LogP contribution is -2.34. The highest BCUT2D eigenvalue weighted by molar-refractivity contribution is 5.70. The predicted molar refractivity (Wildman–Crippen MR) is 40.9 cm³/mol. The molecule has 3 atom stereocenters. The number of carboxylic acids is 1. The van der Waals surface area contributed by atoms with Gasteiger partial charge in [-0.05, 0) is 36.5 Å². The number of allylic oxidation sites excluding steroid dienone is 2. The van der Waals surface area contributed by atoms with Gasteiger partial charge in [-0.15, -0.1) is 0 Å². The molecule has 1 spiro atoms. The van der Waals surface area contributed by atoms with Crippen LogP contribution in [0.1, 0.15) is 19.3 Å². The second kappa shape index (κ2) is 1.76. The minimum absolute atomic E-state index is 0.178. The molecular formula is C10H11O2-. The molecule has 0 aliphatic heterocycles. The number of rotatable bonds is 1. The molecule has 0 aromatic carbocycles. The molecule has 3 rings (SSSR count). The van der Waals surface area contributed by atoms with E-state index in [4.69, 9.17) is 0 Å². The number of aliphatic carboxylic acids is 1. The minimum atomic E-state index is -0.835. The highest BCUT2D eigenvalue weighted by atomic mass is 16.4. The van der Waals surface area contributed by atoms with Gasteiger partial charge in [0.05, 0.1) is 0 Å². The van der Waals surface area contributed by atoms with E-state index in [1.54, 1.807) is 0 Å². The van der Waals surface area contributed by atoms with E-state index in [2.05, 4.69) is 12.2 Å². The molecule has 0 heterocycles. The van der Waals surface area contributed by atoms with E-state index in [1.807, 2.05) is 0 Å². The molecule has 0 saturated heterocycles. The molecule has 0 aromatic rings. The zero-order valence-electron chi connectivity index (χ0n) is 6.82. The van der Waals surface area contributed by atoms with Gasteiger partial charge in [-0.2, -0.15) is 0 Å². The SMILES string of the molecule is O=C([O-])[C@@H]1C[C@H]2C=C[C@@H]1C21CC1. The van der Waals surface area contributed by atoms with Crippen molar-refractivity contribution < 1.29 is 9.90 Å². The predicted octanol–water partition coefficient (Wildman–Crippen LogP) is 0.339. The Kier molecular flexibility index (Phi) is 0.980. The Morgan fingerprint density at radius 2 is 2.17 bits per heavy atom. The zero-order chi connectivity index (χ0) is 8.34. The maximum absolute atomic E-state index is 10.8. The molecule has 2 nitrogen and oxygen atoms in total. The fraction of sp³-hybridized carbons (Fsp3) is 0.700. The van der Waals surface area contributed by atoms with E-state index in [9.17, 15) is 9.90 Å². The monoisotopic (exact) mass is 163 g/mol. The maximum atomic E-state index is 10.8. The van der Waals surface area contributed by atoms with E-state index < -0.39 is 5.97 Å². The lowest BCUT2D eigenvalue weighted by atomic mass is 9.89. The smallest absolute Gasteiger partial charge is 0.0451 e. The quantitative estimate of drug-likeness (QED) is 0.523. The Morgan fingerprint density at radius 3 is 2.58 bits per heavy atom. The van der Waals surface area contributed by atoms with E-state index >= 15 is 0 Å². The molecule has 2 fully saturated rings. The summed E-state index contributed by atoms with van der Waals surface area (Å²) in [6.07, 6.45) is 7.64. The summed E-state index contributed by atoms with van der Waals surface area (Å²) in [5, 5.41) is 10.8. The van der Waals surface area contributed by atoms with Gasteiger partial charge < -0.3 is 9.90 Å². The fourth-order valence-electron chi connectivity index (χ4n) is 3.24. The first-order valence-corrected chi connectivity index (χ1v) is 4.63. The van der Waals surface area contributed by atoms with Crippen molar-refractivity contribution in [2.45, 2.75) is 19.3 Å². The van der Waals surface area contributed by atoms with Crippen molar-refractivity contribution in [1.29, 1.82) is 0 Å². The lowest BCUT2D eigenvalue weighted by molar-refractivity contribution is -0.312. The fourth-order valence-corrected chi connectivity index (χ4v) is 3.24. The van der Waals surface area contributed by atoms with Gasteiger partial charge >= 0.3 is 0 Å². The van der Waals surface area contributed by atoms with Crippen LogP contribution in [0.5, 0.6) is 0 Å². The molecule has 12 heavy (non-hydrogen) atoms. The van der Waals surface area contributed by atoms with Crippen LogP contribution in [0.25, 0.3) is 0 Å². The average molecular weight is 163 g/mol. The minimum Gasteiger partial charge on any atom is -0.550 e. The highest BCUT2D eigenvalue weighted by Gasteiger charge is 2.62. The van der Waals surface area contributed by atoms with Crippen LogP contribution in [0.2, 0.25) is 0 Å². The van der Waals surface area contributed by atoms with Crippen molar-refractivity contribution in [3.8, 4) is 0 Å². The van der Waals surface area contributed by atoms with Crippen LogP contribution in [-0.4, -0.2) is 5.97 Å². The third-order valence-corrected chi connectivity index (χ3v) is 4.02. The van der Waals surface area contributed by atoms with Crippen molar-refractivity contribution in [2.75, 3.05) is 0 Å². The van der Waals surface area contributed by atoms with Gasteiger partial charge in [0.2, 0.25) is 0 Å². The first-order valence-electron chi connectivity index (χ1n) is 4.63. The first kappa shape index (κ1) is 6.70. The summed E-state index contributed by atoms with van der Waals surface area (Å²) in [5.74, 6) is -0.140. The Labute approximate surface area is 71.3 Å². The number of hydrogen-bond acceptors (Lipinski definition) is 2. The van der Waals surface area contributed by atoms with Crippen LogP contribution in [0.15, 0.2) is 12.2 Å². The van der Waals surface area contributed by atoms with Crippen molar-refractivity contribution in [3.05, 3.63) is 12.2 Å². The van der Waals surface area contributed by atoms with Crippen LogP contribution in [0.3, 0.4) is 0 Å². The number of carboxylic acid groups (broad SMARTS) is 1. The Balaban J connectivity index is 1.97. The third-order valence-electron chi connectivity index (χ3n) is 4.02. The average Bonchev–Trinajstić information content (AvgIpc) is 2.69. The van der Waals surface area contributed by atoms with E-state index in [0.717, 1.165) is 6.42 Å². The largest absolute Gasteiger partial charge is 0.550 e. The molecule has 0 aromatic heterocycles. The van der Waals surface area contributed by atoms with E-state index in [-0.39, 0.29) is 5.92 Å². The van der Waals surface area contributed by atoms with Crippen LogP contribution in [0, 0.1) is 23.2 Å². The van der Waals surface area contributed by atoms with Crippen molar-refractivity contribution in [2.24, 2.45) is 23.2 Å². The van der Waals surface area contributed by atoms with Gasteiger partial charge in [-0.3, -0.25) is 0 Å². The molecule has 0 unspecified atom stereocenters. The first-order chi connectivity index (χ1) is 5.74. The topological polar surface area (TPSA) is 40.1 Å². The summed E-state index contributed by atoms with van der Waals surface area (Å²) < 4.78 is 0. The second-order valence-corrected chi connectivity index (χ2v) is 4.41. The molecule has 64 valence electrons.